The molecule has 1 aromatic carbocycles. The number of ether oxygens (including phenoxy) is 1. The minimum absolute atomic E-state index is 0.153. The second kappa shape index (κ2) is 8.40. The Balaban J connectivity index is 1.65. The summed E-state index contributed by atoms with van der Waals surface area (Å²) < 4.78 is 5.37. The van der Waals surface area contributed by atoms with Crippen molar-refractivity contribution in [2.24, 2.45) is 5.41 Å². The highest BCUT2D eigenvalue weighted by Crippen LogP contribution is 2.39. The molecule has 2 saturated heterocycles. The molecular formula is C21H32N2O3. The van der Waals surface area contributed by atoms with Gasteiger partial charge in [-0.1, -0.05) is 12.1 Å². The molecule has 2 aliphatic rings. The first-order chi connectivity index (χ1) is 12.5. The van der Waals surface area contributed by atoms with Crippen LogP contribution in [0.4, 0.5) is 0 Å². The molecule has 1 atom stereocenters. The van der Waals surface area contributed by atoms with Crippen LogP contribution < -0.4 is 4.74 Å². The highest BCUT2D eigenvalue weighted by atomic mass is 16.5. The van der Waals surface area contributed by atoms with Crippen LogP contribution in [0, 0.1) is 12.3 Å². The summed E-state index contributed by atoms with van der Waals surface area (Å²) in [4.78, 5) is 16.7. The van der Waals surface area contributed by atoms with Crippen molar-refractivity contribution in [1.82, 2.24) is 9.80 Å². The number of aryl methyl sites for hydroxylation is 1. The summed E-state index contributed by atoms with van der Waals surface area (Å²) in [5.74, 6) is 1.20. The third-order valence-corrected chi connectivity index (χ3v) is 5.94. The molecule has 1 spiro atoms. The maximum Gasteiger partial charge on any atom is 0.222 e. The standard InChI is InChI=1S/C21H32N2O3/c1-17-13-18(5-6-19(17)26-2)14-22-10-3-8-21(15-22)9-7-20(25)23(16-21)11-4-12-24/h5-6,13,24H,3-4,7-12,14-16H2,1-2H3/t21-/m0/s1. The van der Waals surface area contributed by atoms with Gasteiger partial charge in [-0.3, -0.25) is 9.69 Å². The van der Waals surface area contributed by atoms with Crippen LogP contribution in [0.1, 0.15) is 43.2 Å². The number of carbonyl (C=O) groups is 1. The number of hydrogen-bond donors (Lipinski definition) is 1. The van der Waals surface area contributed by atoms with Gasteiger partial charge >= 0.3 is 0 Å². The van der Waals surface area contributed by atoms with Crippen molar-refractivity contribution in [3.05, 3.63) is 29.3 Å². The van der Waals surface area contributed by atoms with Crippen LogP contribution >= 0.6 is 0 Å². The van der Waals surface area contributed by atoms with Crippen LogP contribution in [0.25, 0.3) is 0 Å². The van der Waals surface area contributed by atoms with E-state index in [0.717, 1.165) is 38.3 Å². The second-order valence-corrected chi connectivity index (χ2v) is 8.01. The first-order valence-electron chi connectivity index (χ1n) is 9.80. The molecule has 2 fully saturated rings. The topological polar surface area (TPSA) is 53.0 Å². The molecule has 5 heteroatoms. The average molecular weight is 360 g/mol. The van der Waals surface area contributed by atoms with Gasteiger partial charge in [0.05, 0.1) is 7.11 Å². The van der Waals surface area contributed by atoms with Crippen molar-refractivity contribution in [2.45, 2.75) is 45.6 Å². The van der Waals surface area contributed by atoms with Gasteiger partial charge in [0.1, 0.15) is 5.75 Å². The van der Waals surface area contributed by atoms with Gasteiger partial charge < -0.3 is 14.7 Å². The SMILES string of the molecule is COc1ccc(CN2CCC[C@]3(CCC(=O)N(CCCO)C3)C2)cc1C. The Morgan fingerprint density at radius 1 is 1.27 bits per heavy atom. The molecular weight excluding hydrogens is 328 g/mol. The lowest BCUT2D eigenvalue weighted by Crippen LogP contribution is -2.54. The predicted octanol–water partition coefficient (Wildman–Crippen LogP) is 2.59. The monoisotopic (exact) mass is 360 g/mol. The van der Waals surface area contributed by atoms with Crippen LogP contribution in [0.2, 0.25) is 0 Å². The zero-order valence-electron chi connectivity index (χ0n) is 16.2. The van der Waals surface area contributed by atoms with Crippen molar-refractivity contribution in [1.29, 1.82) is 0 Å². The fraction of sp³-hybridized carbons (Fsp3) is 0.667. The summed E-state index contributed by atoms with van der Waals surface area (Å²) in [7, 11) is 1.71. The van der Waals surface area contributed by atoms with Gasteiger partial charge in [-0.15, -0.1) is 0 Å². The number of hydrogen-bond acceptors (Lipinski definition) is 4. The lowest BCUT2D eigenvalue weighted by molar-refractivity contribution is -0.139. The number of likely N-dealkylation sites (tertiary alicyclic amines) is 2. The quantitative estimate of drug-likeness (QED) is 0.847. The number of aliphatic hydroxyl groups excluding tert-OH is 1. The molecule has 2 heterocycles. The first-order valence-corrected chi connectivity index (χ1v) is 9.80. The van der Waals surface area contributed by atoms with E-state index in [1.165, 1.54) is 24.0 Å². The van der Waals surface area contributed by atoms with E-state index in [4.69, 9.17) is 9.84 Å². The maximum absolute atomic E-state index is 12.2. The Bertz CT molecular complexity index is 634. The van der Waals surface area contributed by atoms with Crippen LogP contribution in [0.3, 0.4) is 0 Å². The highest BCUT2D eigenvalue weighted by molar-refractivity contribution is 5.77. The van der Waals surface area contributed by atoms with Gasteiger partial charge in [0.2, 0.25) is 5.91 Å². The first kappa shape index (κ1) is 19.2. The zero-order chi connectivity index (χ0) is 18.6. The van der Waals surface area contributed by atoms with Crippen molar-refractivity contribution in [3.8, 4) is 5.75 Å². The fourth-order valence-corrected chi connectivity index (χ4v) is 4.64. The second-order valence-electron chi connectivity index (χ2n) is 8.01. The van der Waals surface area contributed by atoms with E-state index >= 15 is 0 Å². The predicted molar refractivity (Wildman–Crippen MR) is 102 cm³/mol. The Hall–Kier alpha value is -1.59. The van der Waals surface area contributed by atoms with Gasteiger partial charge in [-0.05, 0) is 56.3 Å². The molecule has 3 rings (SSSR count). The molecule has 0 saturated carbocycles. The van der Waals surface area contributed by atoms with Crippen LogP contribution in [-0.4, -0.2) is 60.7 Å². The molecule has 1 amide bonds. The molecule has 0 radical (unpaired) electrons. The molecule has 0 aromatic heterocycles. The third-order valence-electron chi connectivity index (χ3n) is 5.94. The number of amides is 1. The van der Waals surface area contributed by atoms with Crippen LogP contribution in [0.15, 0.2) is 18.2 Å². The Labute approximate surface area is 156 Å². The van der Waals surface area contributed by atoms with E-state index in [-0.39, 0.29) is 17.9 Å². The molecule has 0 unspecified atom stereocenters. The molecule has 2 aliphatic heterocycles. The van der Waals surface area contributed by atoms with Crippen LogP contribution in [0.5, 0.6) is 5.75 Å². The highest BCUT2D eigenvalue weighted by Gasteiger charge is 2.41. The van der Waals surface area contributed by atoms with E-state index in [9.17, 15) is 4.79 Å². The van der Waals surface area contributed by atoms with Crippen molar-refractivity contribution < 1.29 is 14.6 Å². The minimum atomic E-state index is 0.153. The minimum Gasteiger partial charge on any atom is -0.496 e. The fourth-order valence-electron chi connectivity index (χ4n) is 4.64. The lowest BCUT2D eigenvalue weighted by Gasteiger charge is -2.48. The van der Waals surface area contributed by atoms with Crippen molar-refractivity contribution >= 4 is 5.91 Å². The Kier molecular flexibility index (Phi) is 6.20. The number of carbonyl (C=O) groups excluding carboxylic acids is 1. The summed E-state index contributed by atoms with van der Waals surface area (Å²) >= 11 is 0. The summed E-state index contributed by atoms with van der Waals surface area (Å²) in [5, 5.41) is 9.10. The Morgan fingerprint density at radius 2 is 2.12 bits per heavy atom. The van der Waals surface area contributed by atoms with Gasteiger partial charge in [-0.2, -0.15) is 0 Å². The van der Waals surface area contributed by atoms with Crippen molar-refractivity contribution in [2.75, 3.05) is 39.9 Å². The molecule has 1 N–H and O–H groups in total. The maximum atomic E-state index is 12.2. The smallest absolute Gasteiger partial charge is 0.222 e. The molecule has 144 valence electrons. The van der Waals surface area contributed by atoms with E-state index in [2.05, 4.69) is 30.0 Å². The third kappa shape index (κ3) is 4.38. The van der Waals surface area contributed by atoms with Gasteiger partial charge in [0, 0.05) is 44.6 Å². The van der Waals surface area contributed by atoms with Crippen LogP contribution in [-0.2, 0) is 11.3 Å². The summed E-state index contributed by atoms with van der Waals surface area (Å²) in [6, 6.07) is 6.43. The van der Waals surface area contributed by atoms with Gasteiger partial charge in [0.25, 0.3) is 0 Å². The van der Waals surface area contributed by atoms with E-state index < -0.39 is 0 Å². The molecule has 0 bridgehead atoms. The van der Waals surface area contributed by atoms with E-state index in [1.54, 1.807) is 7.11 Å². The number of methoxy groups -OCH3 is 1. The number of rotatable bonds is 6. The number of benzene rings is 1. The van der Waals surface area contributed by atoms with E-state index in [1.807, 2.05) is 4.90 Å². The molecule has 0 aliphatic carbocycles. The Morgan fingerprint density at radius 3 is 2.85 bits per heavy atom. The largest absolute Gasteiger partial charge is 0.496 e. The zero-order valence-corrected chi connectivity index (χ0v) is 16.2. The van der Waals surface area contributed by atoms with E-state index in [0.29, 0.717) is 19.4 Å². The summed E-state index contributed by atoms with van der Waals surface area (Å²) in [6.07, 6.45) is 4.72. The lowest BCUT2D eigenvalue weighted by atomic mass is 9.73. The van der Waals surface area contributed by atoms with Crippen molar-refractivity contribution in [3.63, 3.8) is 0 Å². The molecule has 1 aromatic rings. The molecule has 26 heavy (non-hydrogen) atoms. The normalized spacial score (nSPS) is 24.3. The van der Waals surface area contributed by atoms with Gasteiger partial charge in [-0.25, -0.2) is 0 Å². The number of nitrogens with zero attached hydrogens (tertiary/aromatic N) is 2. The number of piperidine rings is 2. The summed E-state index contributed by atoms with van der Waals surface area (Å²) in [6.45, 7) is 6.92. The average Bonchev–Trinajstić information content (AvgIpc) is 2.63. The molecule has 5 nitrogen and oxygen atoms in total. The summed E-state index contributed by atoms with van der Waals surface area (Å²) in [5.41, 5.74) is 2.72. The van der Waals surface area contributed by atoms with Gasteiger partial charge in [0.15, 0.2) is 0 Å². The number of aliphatic hydroxyl groups is 1.